The molecule has 2 aromatic heterocycles. The van der Waals surface area contributed by atoms with Crippen LogP contribution in [0.15, 0.2) is 59.3 Å². The Bertz CT molecular complexity index is 1480. The molecular weight excluding hydrogens is 387 g/mol. The Morgan fingerprint density at radius 2 is 1.74 bits per heavy atom. The Kier molecular flexibility index (Phi) is 4.10. The predicted octanol–water partition coefficient (Wildman–Crippen LogP) is 6.73. The number of aromatic nitrogens is 2. The highest BCUT2D eigenvalue weighted by Gasteiger charge is 2.24. The number of rotatable bonds is 2. The van der Waals surface area contributed by atoms with Crippen LogP contribution in [0.2, 0.25) is 0 Å². The van der Waals surface area contributed by atoms with Crippen molar-refractivity contribution in [3.63, 3.8) is 0 Å². The van der Waals surface area contributed by atoms with Gasteiger partial charge in [-0.25, -0.2) is 8.96 Å². The van der Waals surface area contributed by atoms with E-state index in [4.69, 9.17) is 9.40 Å². The number of benzene rings is 3. The first-order valence-electron chi connectivity index (χ1n) is 11.0. The average Bonchev–Trinajstić information content (AvgIpc) is 3.42. The second-order valence-corrected chi connectivity index (χ2v) is 8.84. The van der Waals surface area contributed by atoms with E-state index in [0.29, 0.717) is 11.5 Å². The standard InChI is InChI=1S/C27H24FN2O/c1-16-7-10-21-20-12-9-19(28)14-24(20)31-27(21)25(16)26-22-11-8-18(17-5-3-4-6-17)13-23(22)29-15-30(26)2/h7-15,17H,3-6H2,1-2H3/q+1. The monoisotopic (exact) mass is 411 g/mol. The zero-order valence-corrected chi connectivity index (χ0v) is 17.8. The third-order valence-corrected chi connectivity index (χ3v) is 6.87. The normalized spacial score (nSPS) is 14.9. The highest BCUT2D eigenvalue weighted by atomic mass is 19.1. The number of fused-ring (bicyclic) bond motifs is 4. The Labute approximate surface area is 180 Å². The van der Waals surface area contributed by atoms with E-state index in [2.05, 4.69) is 41.8 Å². The number of hydrogen-bond acceptors (Lipinski definition) is 2. The minimum absolute atomic E-state index is 0.288. The first-order chi connectivity index (χ1) is 15.1. The van der Waals surface area contributed by atoms with Crippen molar-refractivity contribution in [1.29, 1.82) is 0 Å². The molecule has 1 aliphatic carbocycles. The fraction of sp³-hybridized carbons (Fsp3) is 0.259. The molecule has 0 atom stereocenters. The number of furan rings is 1. The molecule has 0 spiro atoms. The molecule has 0 saturated heterocycles. The summed E-state index contributed by atoms with van der Waals surface area (Å²) in [7, 11) is 2.02. The maximum absolute atomic E-state index is 13.8. The molecule has 4 heteroatoms. The van der Waals surface area contributed by atoms with Crippen molar-refractivity contribution in [2.24, 2.45) is 7.05 Å². The summed E-state index contributed by atoms with van der Waals surface area (Å²) >= 11 is 0. The van der Waals surface area contributed by atoms with Crippen LogP contribution < -0.4 is 4.57 Å². The first-order valence-corrected chi connectivity index (χ1v) is 11.0. The van der Waals surface area contributed by atoms with Crippen molar-refractivity contribution in [3.8, 4) is 11.3 Å². The lowest BCUT2D eigenvalue weighted by atomic mass is 9.94. The molecule has 2 heterocycles. The lowest BCUT2D eigenvalue weighted by Crippen LogP contribution is -2.32. The van der Waals surface area contributed by atoms with Gasteiger partial charge in [0.2, 0.25) is 0 Å². The van der Waals surface area contributed by atoms with Gasteiger partial charge in [0.1, 0.15) is 22.7 Å². The number of nitrogens with zero attached hydrogens (tertiary/aromatic N) is 2. The van der Waals surface area contributed by atoms with Crippen LogP contribution in [0.3, 0.4) is 0 Å². The van der Waals surface area contributed by atoms with E-state index in [1.54, 1.807) is 6.07 Å². The Balaban J connectivity index is 1.64. The molecular formula is C27H24FN2O+. The lowest BCUT2D eigenvalue weighted by molar-refractivity contribution is -0.662. The third-order valence-electron chi connectivity index (χ3n) is 6.87. The molecule has 31 heavy (non-hydrogen) atoms. The lowest BCUT2D eigenvalue weighted by Gasteiger charge is -2.12. The highest BCUT2D eigenvalue weighted by Crippen LogP contribution is 2.40. The van der Waals surface area contributed by atoms with Gasteiger partial charge in [0.05, 0.1) is 18.0 Å². The smallest absolute Gasteiger partial charge is 0.287 e. The fourth-order valence-electron chi connectivity index (χ4n) is 5.28. The summed E-state index contributed by atoms with van der Waals surface area (Å²) in [5.41, 5.74) is 7.01. The Morgan fingerprint density at radius 1 is 0.968 bits per heavy atom. The van der Waals surface area contributed by atoms with Crippen LogP contribution in [0.5, 0.6) is 0 Å². The quantitative estimate of drug-likeness (QED) is 0.301. The zero-order valence-electron chi connectivity index (χ0n) is 17.8. The molecule has 0 aliphatic heterocycles. The SMILES string of the molecule is Cc1ccc2c(oc3cc(F)ccc32)c1-c1c2ccc(C3CCCC3)cc2nc[n+]1C. The van der Waals surface area contributed by atoms with Crippen LogP contribution in [0.1, 0.15) is 42.7 Å². The van der Waals surface area contributed by atoms with Gasteiger partial charge < -0.3 is 4.42 Å². The molecule has 1 aliphatic rings. The van der Waals surface area contributed by atoms with E-state index in [-0.39, 0.29) is 5.82 Å². The van der Waals surface area contributed by atoms with Crippen molar-refractivity contribution >= 4 is 32.8 Å². The van der Waals surface area contributed by atoms with Crippen LogP contribution in [-0.2, 0) is 7.05 Å². The minimum Gasteiger partial charge on any atom is -0.455 e. The van der Waals surface area contributed by atoms with Crippen molar-refractivity contribution in [3.05, 3.63) is 71.8 Å². The van der Waals surface area contributed by atoms with Gasteiger partial charge in [-0.15, -0.1) is 0 Å². The summed E-state index contributed by atoms with van der Waals surface area (Å²) < 4.78 is 22.1. The molecule has 5 aromatic rings. The van der Waals surface area contributed by atoms with E-state index in [9.17, 15) is 4.39 Å². The molecule has 3 aromatic carbocycles. The maximum atomic E-state index is 13.8. The molecule has 0 bridgehead atoms. The van der Waals surface area contributed by atoms with Crippen LogP contribution in [0.25, 0.3) is 44.1 Å². The predicted molar refractivity (Wildman–Crippen MR) is 122 cm³/mol. The minimum atomic E-state index is -0.288. The van der Waals surface area contributed by atoms with Crippen LogP contribution in [0.4, 0.5) is 4.39 Å². The van der Waals surface area contributed by atoms with Crippen molar-refractivity contribution in [2.75, 3.05) is 0 Å². The van der Waals surface area contributed by atoms with Gasteiger partial charge in [0, 0.05) is 16.8 Å². The summed E-state index contributed by atoms with van der Waals surface area (Å²) in [4.78, 5) is 4.75. The number of hydrogen-bond donors (Lipinski definition) is 0. The fourth-order valence-corrected chi connectivity index (χ4v) is 5.28. The van der Waals surface area contributed by atoms with Crippen LogP contribution in [0, 0.1) is 12.7 Å². The van der Waals surface area contributed by atoms with Crippen molar-refractivity contribution < 1.29 is 13.4 Å². The van der Waals surface area contributed by atoms with Crippen LogP contribution in [-0.4, -0.2) is 4.98 Å². The van der Waals surface area contributed by atoms with Crippen LogP contribution >= 0.6 is 0 Å². The third kappa shape index (κ3) is 2.85. The molecule has 1 saturated carbocycles. The molecule has 6 rings (SSSR count). The van der Waals surface area contributed by atoms with E-state index in [0.717, 1.165) is 44.1 Å². The maximum Gasteiger partial charge on any atom is 0.287 e. The average molecular weight is 412 g/mol. The zero-order chi connectivity index (χ0) is 21.1. The van der Waals surface area contributed by atoms with E-state index in [1.807, 2.05) is 13.4 Å². The second-order valence-electron chi connectivity index (χ2n) is 8.84. The van der Waals surface area contributed by atoms with E-state index >= 15 is 0 Å². The highest BCUT2D eigenvalue weighted by molar-refractivity contribution is 6.11. The van der Waals surface area contributed by atoms with Gasteiger partial charge in [0.25, 0.3) is 6.33 Å². The molecule has 154 valence electrons. The summed E-state index contributed by atoms with van der Waals surface area (Å²) in [5.74, 6) is 0.364. The summed E-state index contributed by atoms with van der Waals surface area (Å²) in [6.07, 6.45) is 7.06. The summed E-state index contributed by atoms with van der Waals surface area (Å²) in [5, 5.41) is 3.04. The number of halogens is 1. The molecule has 1 fully saturated rings. The van der Waals surface area contributed by atoms with Crippen molar-refractivity contribution in [2.45, 2.75) is 38.5 Å². The summed E-state index contributed by atoms with van der Waals surface area (Å²) in [6, 6.07) is 15.7. The van der Waals surface area contributed by atoms with Crippen molar-refractivity contribution in [1.82, 2.24) is 4.98 Å². The molecule has 0 amide bonds. The first kappa shape index (κ1) is 18.5. The van der Waals surface area contributed by atoms with E-state index < -0.39 is 0 Å². The second kappa shape index (κ2) is 6.88. The molecule has 0 unspecified atom stereocenters. The summed E-state index contributed by atoms with van der Waals surface area (Å²) in [6.45, 7) is 2.10. The topological polar surface area (TPSA) is 29.9 Å². The Hall–Kier alpha value is -3.27. The molecule has 3 nitrogen and oxygen atoms in total. The number of aryl methyl sites for hydroxylation is 2. The van der Waals surface area contributed by atoms with Gasteiger partial charge in [-0.1, -0.05) is 31.0 Å². The van der Waals surface area contributed by atoms with Gasteiger partial charge >= 0.3 is 0 Å². The largest absolute Gasteiger partial charge is 0.455 e. The van der Waals surface area contributed by atoms with Gasteiger partial charge in [-0.3, -0.25) is 0 Å². The van der Waals surface area contributed by atoms with Gasteiger partial charge in [-0.2, -0.15) is 0 Å². The van der Waals surface area contributed by atoms with Gasteiger partial charge in [-0.05, 0) is 66.1 Å². The van der Waals surface area contributed by atoms with Gasteiger partial charge in [0.15, 0.2) is 5.52 Å². The Morgan fingerprint density at radius 3 is 2.58 bits per heavy atom. The molecule has 0 radical (unpaired) electrons. The van der Waals surface area contributed by atoms with E-state index in [1.165, 1.54) is 43.4 Å². The molecule has 0 N–H and O–H groups in total.